The van der Waals surface area contributed by atoms with Crippen LogP contribution in [0.4, 0.5) is 8.78 Å². The normalized spacial score (nSPS) is 9.18. The van der Waals surface area contributed by atoms with Crippen LogP contribution in [0.25, 0.3) is 10.1 Å². The van der Waals surface area contributed by atoms with Gasteiger partial charge in [0, 0.05) is 16.3 Å². The van der Waals surface area contributed by atoms with E-state index in [9.17, 15) is 8.78 Å². The van der Waals surface area contributed by atoms with E-state index in [1.807, 2.05) is 41.5 Å². The zero-order valence-corrected chi connectivity index (χ0v) is 12.1. The van der Waals surface area contributed by atoms with Crippen molar-refractivity contribution < 1.29 is 8.78 Å². The molecular formula is C14H20F2S. The first-order valence-corrected chi connectivity index (χ1v) is 6.76. The van der Waals surface area contributed by atoms with E-state index in [1.165, 1.54) is 17.4 Å². The lowest BCUT2D eigenvalue weighted by atomic mass is 10.1. The summed E-state index contributed by atoms with van der Waals surface area (Å²) in [6.45, 7) is 11.8. The van der Waals surface area contributed by atoms with Crippen molar-refractivity contribution in [2.24, 2.45) is 0 Å². The molecule has 0 spiro atoms. The zero-order valence-electron chi connectivity index (χ0n) is 11.3. The molecule has 1 aromatic heterocycles. The Bertz CT molecular complexity index is 473. The molecule has 0 radical (unpaired) electrons. The molecule has 0 aliphatic heterocycles. The third kappa shape index (κ3) is 3.50. The first-order chi connectivity index (χ1) is 8.09. The lowest BCUT2D eigenvalue weighted by Crippen LogP contribution is -1.79. The minimum Gasteiger partial charge on any atom is -0.207 e. The summed E-state index contributed by atoms with van der Waals surface area (Å²) in [5, 5.41) is 0.694. The maximum absolute atomic E-state index is 13.2. The van der Waals surface area contributed by atoms with Crippen LogP contribution in [-0.2, 0) is 0 Å². The SMILES string of the molecule is CC.CC.Cc1sc2c(F)cc(F)cc2c1C. The van der Waals surface area contributed by atoms with Gasteiger partial charge in [0.05, 0.1) is 4.70 Å². The second-order valence-corrected chi connectivity index (χ2v) is 4.27. The summed E-state index contributed by atoms with van der Waals surface area (Å²) in [5.41, 5.74) is 0.971. The highest BCUT2D eigenvalue weighted by atomic mass is 32.1. The van der Waals surface area contributed by atoms with Gasteiger partial charge in [-0.3, -0.25) is 0 Å². The third-order valence-electron chi connectivity index (χ3n) is 2.20. The summed E-state index contributed by atoms with van der Waals surface area (Å²) >= 11 is 1.37. The topological polar surface area (TPSA) is 0 Å². The first kappa shape index (κ1) is 16.0. The molecule has 3 heteroatoms. The minimum atomic E-state index is -0.508. The molecule has 0 aliphatic carbocycles. The standard InChI is InChI=1S/C10H8F2S.2C2H6/c1-5-6(2)13-10-8(5)3-7(11)4-9(10)12;2*1-2/h3-4H,1-2H3;2*1-2H3. The molecule has 0 saturated heterocycles. The number of halogens is 2. The van der Waals surface area contributed by atoms with Gasteiger partial charge in [-0.25, -0.2) is 8.78 Å². The summed E-state index contributed by atoms with van der Waals surface area (Å²) in [7, 11) is 0. The van der Waals surface area contributed by atoms with Gasteiger partial charge in [-0.15, -0.1) is 11.3 Å². The molecule has 0 nitrogen and oxygen atoms in total. The molecule has 0 fully saturated rings. The van der Waals surface area contributed by atoms with E-state index in [2.05, 4.69) is 0 Å². The van der Waals surface area contributed by atoms with E-state index < -0.39 is 11.6 Å². The van der Waals surface area contributed by atoms with Crippen molar-refractivity contribution in [3.8, 4) is 0 Å². The van der Waals surface area contributed by atoms with Gasteiger partial charge in [0.2, 0.25) is 0 Å². The molecule has 2 rings (SSSR count). The van der Waals surface area contributed by atoms with E-state index in [-0.39, 0.29) is 0 Å². The monoisotopic (exact) mass is 258 g/mol. The predicted octanol–water partition coefficient (Wildman–Crippen LogP) is 5.85. The Labute approximate surface area is 106 Å². The van der Waals surface area contributed by atoms with Gasteiger partial charge in [-0.1, -0.05) is 27.7 Å². The van der Waals surface area contributed by atoms with Gasteiger partial charge in [0.1, 0.15) is 11.6 Å². The summed E-state index contributed by atoms with van der Waals surface area (Å²) in [4.78, 5) is 1.04. The fourth-order valence-corrected chi connectivity index (χ4v) is 2.41. The van der Waals surface area contributed by atoms with E-state index in [4.69, 9.17) is 0 Å². The zero-order chi connectivity index (χ0) is 13.6. The van der Waals surface area contributed by atoms with Crippen LogP contribution in [-0.4, -0.2) is 0 Å². The Kier molecular flexibility index (Phi) is 6.97. The van der Waals surface area contributed by atoms with Crippen molar-refractivity contribution in [1.29, 1.82) is 0 Å². The number of hydrogen-bond acceptors (Lipinski definition) is 1. The third-order valence-corrected chi connectivity index (χ3v) is 3.43. The van der Waals surface area contributed by atoms with Gasteiger partial charge in [-0.05, 0) is 25.5 Å². The van der Waals surface area contributed by atoms with Crippen molar-refractivity contribution in [1.82, 2.24) is 0 Å². The second kappa shape index (κ2) is 7.38. The van der Waals surface area contributed by atoms with Crippen LogP contribution in [0.5, 0.6) is 0 Å². The lowest BCUT2D eigenvalue weighted by Gasteiger charge is -1.94. The predicted molar refractivity (Wildman–Crippen MR) is 73.9 cm³/mol. The molecule has 1 heterocycles. The van der Waals surface area contributed by atoms with E-state index in [0.29, 0.717) is 10.1 Å². The molecule has 0 saturated carbocycles. The summed E-state index contributed by atoms with van der Waals surface area (Å²) < 4.78 is 26.6. The number of hydrogen-bond donors (Lipinski definition) is 0. The van der Waals surface area contributed by atoms with Crippen molar-refractivity contribution in [2.75, 3.05) is 0 Å². The molecule has 17 heavy (non-hydrogen) atoms. The molecule has 0 aliphatic rings. The molecule has 0 amide bonds. The van der Waals surface area contributed by atoms with Crippen molar-refractivity contribution in [3.05, 3.63) is 34.2 Å². The highest BCUT2D eigenvalue weighted by Crippen LogP contribution is 2.32. The highest BCUT2D eigenvalue weighted by Gasteiger charge is 2.10. The number of rotatable bonds is 0. The molecule has 0 bridgehead atoms. The van der Waals surface area contributed by atoms with Crippen LogP contribution in [0.2, 0.25) is 0 Å². The van der Waals surface area contributed by atoms with Crippen molar-refractivity contribution in [3.63, 3.8) is 0 Å². The Balaban J connectivity index is 0.000000581. The smallest absolute Gasteiger partial charge is 0.143 e. The van der Waals surface area contributed by atoms with Crippen LogP contribution in [0.15, 0.2) is 12.1 Å². The highest BCUT2D eigenvalue weighted by molar-refractivity contribution is 7.19. The van der Waals surface area contributed by atoms with Crippen LogP contribution < -0.4 is 0 Å². The fourth-order valence-electron chi connectivity index (χ4n) is 1.36. The van der Waals surface area contributed by atoms with Crippen molar-refractivity contribution >= 4 is 21.4 Å². The Morgan fingerprint density at radius 2 is 1.47 bits per heavy atom. The number of aryl methyl sites for hydroxylation is 2. The van der Waals surface area contributed by atoms with Crippen LogP contribution in [0.1, 0.15) is 38.1 Å². The van der Waals surface area contributed by atoms with Gasteiger partial charge >= 0.3 is 0 Å². The molecular weight excluding hydrogens is 238 g/mol. The maximum atomic E-state index is 13.2. The average Bonchev–Trinajstić information content (AvgIpc) is 2.62. The fraction of sp³-hybridized carbons (Fsp3) is 0.429. The number of fused-ring (bicyclic) bond motifs is 1. The quantitative estimate of drug-likeness (QED) is 0.556. The van der Waals surface area contributed by atoms with Gasteiger partial charge < -0.3 is 0 Å². The van der Waals surface area contributed by atoms with Gasteiger partial charge in [0.15, 0.2) is 0 Å². The lowest BCUT2D eigenvalue weighted by molar-refractivity contribution is 0.593. The number of thiophene rings is 1. The summed E-state index contributed by atoms with van der Waals surface area (Å²) in [6, 6.07) is 2.31. The van der Waals surface area contributed by atoms with E-state index >= 15 is 0 Å². The molecule has 1 aromatic carbocycles. The molecule has 2 aromatic rings. The van der Waals surface area contributed by atoms with Crippen LogP contribution in [0, 0.1) is 25.5 Å². The van der Waals surface area contributed by atoms with Gasteiger partial charge in [0.25, 0.3) is 0 Å². The number of benzene rings is 1. The average molecular weight is 258 g/mol. The molecule has 0 N–H and O–H groups in total. The molecule has 0 atom stereocenters. The Hall–Kier alpha value is -0.960. The van der Waals surface area contributed by atoms with E-state index in [0.717, 1.165) is 16.5 Å². The first-order valence-electron chi connectivity index (χ1n) is 5.94. The Morgan fingerprint density at radius 1 is 0.941 bits per heavy atom. The van der Waals surface area contributed by atoms with Gasteiger partial charge in [-0.2, -0.15) is 0 Å². The van der Waals surface area contributed by atoms with Crippen LogP contribution in [0.3, 0.4) is 0 Å². The summed E-state index contributed by atoms with van der Waals surface area (Å²) in [6.07, 6.45) is 0. The van der Waals surface area contributed by atoms with Crippen LogP contribution >= 0.6 is 11.3 Å². The maximum Gasteiger partial charge on any atom is 0.143 e. The van der Waals surface area contributed by atoms with E-state index in [1.54, 1.807) is 0 Å². The molecule has 96 valence electrons. The summed E-state index contributed by atoms with van der Waals surface area (Å²) in [5.74, 6) is -0.970. The second-order valence-electron chi connectivity index (χ2n) is 3.05. The molecule has 0 unspecified atom stereocenters. The Morgan fingerprint density at radius 3 is 2.00 bits per heavy atom. The largest absolute Gasteiger partial charge is 0.207 e. The van der Waals surface area contributed by atoms with Crippen molar-refractivity contribution in [2.45, 2.75) is 41.5 Å². The minimum absolute atomic E-state index is 0.462.